The van der Waals surface area contributed by atoms with Gasteiger partial charge in [0.25, 0.3) is 0 Å². The first-order chi connectivity index (χ1) is 14.5. The van der Waals surface area contributed by atoms with Crippen LogP contribution in [0.25, 0.3) is 0 Å². The largest absolute Gasteiger partial charge is 0.488 e. The monoisotopic (exact) mass is 422 g/mol. The third-order valence-corrected chi connectivity index (χ3v) is 5.38. The van der Waals surface area contributed by atoms with Gasteiger partial charge in [0.1, 0.15) is 18.5 Å². The normalized spacial score (nSPS) is 11.5. The number of nitrogens with two attached hydrogens (primary N) is 1. The van der Waals surface area contributed by atoms with Gasteiger partial charge in [0.05, 0.1) is 0 Å². The molecule has 6 heteroatoms. The molecule has 3 rings (SSSR count). The smallest absolute Gasteiger partial charge is 0.405 e. The van der Waals surface area contributed by atoms with Crippen LogP contribution in [0.3, 0.4) is 0 Å². The predicted molar refractivity (Wildman–Crippen MR) is 122 cm³/mol. The van der Waals surface area contributed by atoms with Gasteiger partial charge in [-0.25, -0.2) is 4.79 Å². The molecule has 1 amide bonds. The quantitative estimate of drug-likeness (QED) is 0.429. The van der Waals surface area contributed by atoms with Crippen molar-refractivity contribution in [2.24, 2.45) is 5.73 Å². The molecule has 3 N–H and O–H groups in total. The lowest BCUT2D eigenvalue weighted by Gasteiger charge is -2.18. The first-order valence-corrected chi connectivity index (χ1v) is 10.9. The van der Waals surface area contributed by atoms with Crippen molar-refractivity contribution < 1.29 is 14.3 Å². The van der Waals surface area contributed by atoms with E-state index in [4.69, 9.17) is 15.2 Å². The summed E-state index contributed by atoms with van der Waals surface area (Å²) in [5.74, 6) is 0.648. The number of carbonyl (C=O) groups is 1. The number of hydrogen-bond acceptors (Lipinski definition) is 5. The Balaban J connectivity index is 1.75. The number of primary amides is 1. The van der Waals surface area contributed by atoms with Gasteiger partial charge in [-0.15, -0.1) is 11.8 Å². The van der Waals surface area contributed by atoms with Crippen LogP contribution >= 0.6 is 11.8 Å². The van der Waals surface area contributed by atoms with Gasteiger partial charge < -0.3 is 20.5 Å². The van der Waals surface area contributed by atoms with Gasteiger partial charge in [-0.1, -0.05) is 42.5 Å². The second-order valence-electron chi connectivity index (χ2n) is 6.81. The Labute approximate surface area is 181 Å². The molecule has 0 aromatic heterocycles. The molecule has 0 aliphatic rings. The minimum absolute atomic E-state index is 0.413. The van der Waals surface area contributed by atoms with Gasteiger partial charge in [-0.3, -0.25) is 0 Å². The molecule has 5 nitrogen and oxygen atoms in total. The summed E-state index contributed by atoms with van der Waals surface area (Å²) < 4.78 is 11.2. The first-order valence-electron chi connectivity index (χ1n) is 9.68. The summed E-state index contributed by atoms with van der Waals surface area (Å²) in [4.78, 5) is 12.4. The molecule has 0 fully saturated rings. The fourth-order valence-electron chi connectivity index (χ4n) is 3.03. The van der Waals surface area contributed by atoms with Crippen molar-refractivity contribution in [1.82, 2.24) is 0 Å². The lowest BCUT2D eigenvalue weighted by molar-refractivity contribution is 0.114. The van der Waals surface area contributed by atoms with Crippen LogP contribution in [0, 0.1) is 0 Å². The molecule has 0 bridgehead atoms. The van der Waals surface area contributed by atoms with E-state index in [1.807, 2.05) is 48.5 Å². The van der Waals surface area contributed by atoms with Crippen molar-refractivity contribution >= 4 is 23.5 Å². The zero-order chi connectivity index (χ0) is 21.3. The topological polar surface area (TPSA) is 73.6 Å². The molecule has 1 atom stereocenters. The number of benzene rings is 3. The number of thioether (sulfide) groups is 1. The van der Waals surface area contributed by atoms with Crippen LogP contribution in [-0.4, -0.2) is 12.3 Å². The summed E-state index contributed by atoms with van der Waals surface area (Å²) in [5, 5.41) is 3.42. The average Bonchev–Trinajstić information content (AvgIpc) is 2.77. The van der Waals surface area contributed by atoms with E-state index in [2.05, 4.69) is 35.8 Å². The molecule has 30 heavy (non-hydrogen) atoms. The predicted octanol–water partition coefficient (Wildman–Crippen LogP) is 5.76. The van der Waals surface area contributed by atoms with E-state index in [1.165, 1.54) is 10.5 Å². The van der Waals surface area contributed by atoms with Gasteiger partial charge in [-0.05, 0) is 48.6 Å². The highest BCUT2D eigenvalue weighted by atomic mass is 32.2. The molecule has 0 heterocycles. The van der Waals surface area contributed by atoms with E-state index in [9.17, 15) is 4.79 Å². The Hall–Kier alpha value is -3.12. The number of amides is 1. The fraction of sp³-hybridized carbons (Fsp3) is 0.208. The van der Waals surface area contributed by atoms with E-state index >= 15 is 0 Å². The summed E-state index contributed by atoms with van der Waals surface area (Å²) in [5.41, 5.74) is 9.12. The summed E-state index contributed by atoms with van der Waals surface area (Å²) in [7, 11) is 0. The number of carbonyl (C=O) groups excluding carboxylic acids is 1. The zero-order valence-corrected chi connectivity index (χ0v) is 17.9. The highest BCUT2D eigenvalue weighted by Crippen LogP contribution is 2.31. The first kappa shape index (κ1) is 21.6. The molecule has 0 aliphatic heterocycles. The highest BCUT2D eigenvalue weighted by Gasteiger charge is 2.16. The summed E-state index contributed by atoms with van der Waals surface area (Å²) in [6, 6.07) is 24.1. The maximum absolute atomic E-state index is 11.2. The maximum Gasteiger partial charge on any atom is 0.405 e. The van der Waals surface area contributed by atoms with Crippen molar-refractivity contribution in [3.05, 3.63) is 89.5 Å². The summed E-state index contributed by atoms with van der Waals surface area (Å²) in [6.07, 6.45) is 0.739. The molecular weight excluding hydrogens is 396 g/mol. The Morgan fingerprint density at radius 3 is 2.43 bits per heavy atom. The molecule has 0 saturated carbocycles. The second kappa shape index (κ2) is 10.6. The molecule has 0 spiro atoms. The van der Waals surface area contributed by atoms with Crippen molar-refractivity contribution in [2.45, 2.75) is 31.1 Å². The van der Waals surface area contributed by atoms with E-state index in [0.717, 1.165) is 16.8 Å². The highest BCUT2D eigenvalue weighted by molar-refractivity contribution is 7.98. The average molecular weight is 423 g/mol. The van der Waals surface area contributed by atoms with E-state index in [1.54, 1.807) is 18.7 Å². The minimum atomic E-state index is -0.813. The number of hydrogen-bond donors (Lipinski definition) is 2. The zero-order valence-electron chi connectivity index (χ0n) is 17.1. The number of anilines is 1. The van der Waals surface area contributed by atoms with E-state index < -0.39 is 12.2 Å². The van der Waals surface area contributed by atoms with Crippen LogP contribution in [0.4, 0.5) is 10.5 Å². The second-order valence-corrected chi connectivity index (χ2v) is 7.69. The van der Waals surface area contributed by atoms with Gasteiger partial charge in [0, 0.05) is 28.8 Å². The molecule has 0 radical (unpaired) electrons. The molecule has 3 aromatic rings. The Kier molecular flexibility index (Phi) is 7.63. The van der Waals surface area contributed by atoms with Crippen molar-refractivity contribution in [1.29, 1.82) is 0 Å². The van der Waals surface area contributed by atoms with Crippen molar-refractivity contribution in [3.63, 3.8) is 0 Å². The van der Waals surface area contributed by atoms with E-state index in [0.29, 0.717) is 18.9 Å². The molecule has 156 valence electrons. The van der Waals surface area contributed by atoms with Crippen molar-refractivity contribution in [2.75, 3.05) is 11.6 Å². The van der Waals surface area contributed by atoms with Crippen LogP contribution in [-0.2, 0) is 17.9 Å². The molecule has 1 unspecified atom stereocenters. The van der Waals surface area contributed by atoms with Gasteiger partial charge in [-0.2, -0.15) is 0 Å². The minimum Gasteiger partial charge on any atom is -0.488 e. The van der Waals surface area contributed by atoms with Crippen LogP contribution in [0.1, 0.15) is 29.7 Å². The van der Waals surface area contributed by atoms with Crippen molar-refractivity contribution in [3.8, 4) is 5.75 Å². The summed E-state index contributed by atoms with van der Waals surface area (Å²) in [6.45, 7) is 2.88. The van der Waals surface area contributed by atoms with E-state index in [-0.39, 0.29) is 0 Å². The molecule has 0 aliphatic carbocycles. The SMILES string of the molecule is CSc1ccc(CNc2ccc(C(C)OC(N)=O)c(OCc3ccccc3)c2)cc1. The number of nitrogens with one attached hydrogen (secondary N) is 1. The number of rotatable bonds is 9. The Morgan fingerprint density at radius 2 is 1.77 bits per heavy atom. The lowest BCUT2D eigenvalue weighted by Crippen LogP contribution is -2.16. The fourth-order valence-corrected chi connectivity index (χ4v) is 3.43. The lowest BCUT2D eigenvalue weighted by atomic mass is 10.1. The van der Waals surface area contributed by atoms with Gasteiger partial charge >= 0.3 is 6.09 Å². The standard InChI is InChI=1S/C24H26N2O3S/c1-17(29-24(25)27)22-13-10-20(26-15-18-8-11-21(30-2)12-9-18)14-23(22)28-16-19-6-4-3-5-7-19/h3-14,17,26H,15-16H2,1-2H3,(H2,25,27). The summed E-state index contributed by atoms with van der Waals surface area (Å²) >= 11 is 1.72. The Morgan fingerprint density at radius 1 is 1.03 bits per heavy atom. The molecular formula is C24H26N2O3S. The molecule has 3 aromatic carbocycles. The molecule has 0 saturated heterocycles. The van der Waals surface area contributed by atoms with Crippen LogP contribution in [0.15, 0.2) is 77.7 Å². The van der Waals surface area contributed by atoms with Crippen LogP contribution < -0.4 is 15.8 Å². The maximum atomic E-state index is 11.2. The third kappa shape index (κ3) is 6.19. The third-order valence-electron chi connectivity index (χ3n) is 4.64. The van der Waals surface area contributed by atoms with Crippen LogP contribution in [0.5, 0.6) is 5.75 Å². The Bertz CT molecular complexity index is 962. The van der Waals surface area contributed by atoms with Gasteiger partial charge in [0.15, 0.2) is 0 Å². The van der Waals surface area contributed by atoms with Crippen LogP contribution in [0.2, 0.25) is 0 Å². The number of ether oxygens (including phenoxy) is 2. The van der Waals surface area contributed by atoms with Gasteiger partial charge in [0.2, 0.25) is 0 Å².